The normalized spacial score (nSPS) is 17.2. The van der Waals surface area contributed by atoms with Crippen molar-refractivity contribution >= 4 is 54.9 Å². The van der Waals surface area contributed by atoms with E-state index in [1.165, 1.54) is 66.5 Å². The third kappa shape index (κ3) is 6.16. The molecule has 2 aliphatic carbocycles. The minimum absolute atomic E-state index is 0.168. The monoisotopic (exact) mass is 925 g/mol. The summed E-state index contributed by atoms with van der Waals surface area (Å²) in [7, 11) is 0. The predicted molar refractivity (Wildman–Crippen MR) is 298 cm³/mol. The first kappa shape index (κ1) is 42.2. The number of rotatable bonds is 9. The largest absolute Gasteiger partial charge is 0.456 e. The van der Waals surface area contributed by atoms with Crippen LogP contribution in [0.25, 0.3) is 54.6 Å². The third-order valence-corrected chi connectivity index (χ3v) is 16.3. The minimum Gasteiger partial charge on any atom is -0.456 e. The summed E-state index contributed by atoms with van der Waals surface area (Å²) in [4.78, 5) is 2.66. The highest BCUT2D eigenvalue weighted by Gasteiger charge is 2.50. The molecule has 0 radical (unpaired) electrons. The number of para-hydroxylation sites is 1. The summed E-state index contributed by atoms with van der Waals surface area (Å²) in [5.41, 5.74) is 15.0. The van der Waals surface area contributed by atoms with Crippen LogP contribution in [0.15, 0.2) is 254 Å². The average molecular weight is 926 g/mol. The quantitative estimate of drug-likeness (QED) is 0.135. The van der Waals surface area contributed by atoms with Crippen molar-refractivity contribution in [2.24, 2.45) is 0 Å². The molecule has 0 N–H and O–H groups in total. The number of benzene rings is 10. The molecule has 3 heteroatoms. The second kappa shape index (κ2) is 16.7. The highest BCUT2D eigenvalue weighted by molar-refractivity contribution is 6.13. The molecule has 11 aromatic rings. The smallest absolute Gasteiger partial charge is 0.139 e. The van der Waals surface area contributed by atoms with Crippen LogP contribution in [0.2, 0.25) is 0 Å². The summed E-state index contributed by atoms with van der Waals surface area (Å²) in [6.45, 7) is 4.67. The fourth-order valence-electron chi connectivity index (χ4n) is 13.3. The molecular formula is C69H51NO2. The van der Waals surface area contributed by atoms with Crippen LogP contribution in [0, 0.1) is 0 Å². The van der Waals surface area contributed by atoms with Crippen LogP contribution in [0.5, 0.6) is 11.5 Å². The molecule has 0 saturated heterocycles. The van der Waals surface area contributed by atoms with Gasteiger partial charge in [0.05, 0.1) is 16.5 Å². The maximum atomic E-state index is 7.26. The molecule has 1 spiro atoms. The molecule has 0 amide bonds. The number of anilines is 2. The molecule has 72 heavy (non-hydrogen) atoms. The maximum absolute atomic E-state index is 7.26. The van der Waals surface area contributed by atoms with E-state index in [1.54, 1.807) is 0 Å². The van der Waals surface area contributed by atoms with Gasteiger partial charge in [-0.25, -0.2) is 0 Å². The van der Waals surface area contributed by atoms with Crippen molar-refractivity contribution in [2.75, 3.05) is 11.4 Å². The van der Waals surface area contributed by atoms with E-state index in [9.17, 15) is 0 Å². The molecule has 14 rings (SSSR count). The summed E-state index contributed by atoms with van der Waals surface area (Å²) in [5.74, 6) is 2.11. The Hall–Kier alpha value is -8.66. The molecule has 3 nitrogen and oxygen atoms in total. The minimum atomic E-state index is -0.438. The Morgan fingerprint density at radius 1 is 0.514 bits per heavy atom. The van der Waals surface area contributed by atoms with Crippen molar-refractivity contribution in [3.63, 3.8) is 0 Å². The fourth-order valence-corrected chi connectivity index (χ4v) is 13.3. The molecule has 10 aromatic carbocycles. The average Bonchev–Trinajstić information content (AvgIpc) is 3.97. The van der Waals surface area contributed by atoms with Crippen LogP contribution in [0.1, 0.15) is 64.1 Å². The molecule has 0 saturated carbocycles. The van der Waals surface area contributed by atoms with Gasteiger partial charge >= 0.3 is 0 Å². The zero-order chi connectivity index (χ0) is 47.8. The Morgan fingerprint density at radius 3 is 1.92 bits per heavy atom. The molecule has 2 unspecified atom stereocenters. The van der Waals surface area contributed by atoms with Gasteiger partial charge in [-0.1, -0.05) is 225 Å². The van der Waals surface area contributed by atoms with Crippen LogP contribution < -0.4 is 9.64 Å². The van der Waals surface area contributed by atoms with E-state index in [0.29, 0.717) is 0 Å². The lowest BCUT2D eigenvalue weighted by atomic mass is 9.58. The van der Waals surface area contributed by atoms with E-state index >= 15 is 0 Å². The highest BCUT2D eigenvalue weighted by atomic mass is 16.5. The molecular weight excluding hydrogens is 875 g/mol. The number of nitrogens with zero attached hydrogens (tertiary/aromatic N) is 1. The van der Waals surface area contributed by atoms with Gasteiger partial charge in [-0.2, -0.15) is 0 Å². The molecule has 3 aliphatic rings. The van der Waals surface area contributed by atoms with E-state index in [4.69, 9.17) is 9.15 Å². The maximum Gasteiger partial charge on any atom is 0.139 e. The Bertz CT molecular complexity index is 3940. The van der Waals surface area contributed by atoms with E-state index in [-0.39, 0.29) is 5.92 Å². The summed E-state index contributed by atoms with van der Waals surface area (Å²) < 4.78 is 13.9. The number of allylic oxidation sites excluding steroid dienone is 5. The summed E-state index contributed by atoms with van der Waals surface area (Å²) in [6.07, 6.45) is 13.1. The Kier molecular flexibility index (Phi) is 9.83. The van der Waals surface area contributed by atoms with Gasteiger partial charge in [0.15, 0.2) is 0 Å². The van der Waals surface area contributed by atoms with Crippen molar-refractivity contribution in [3.05, 3.63) is 288 Å². The van der Waals surface area contributed by atoms with Crippen LogP contribution in [-0.2, 0) is 10.8 Å². The molecule has 0 fully saturated rings. The Morgan fingerprint density at radius 2 is 1.14 bits per heavy atom. The van der Waals surface area contributed by atoms with Crippen LogP contribution in [-0.4, -0.2) is 6.54 Å². The van der Waals surface area contributed by atoms with Gasteiger partial charge < -0.3 is 14.1 Å². The van der Waals surface area contributed by atoms with Gasteiger partial charge in [0.2, 0.25) is 0 Å². The van der Waals surface area contributed by atoms with E-state index < -0.39 is 10.8 Å². The van der Waals surface area contributed by atoms with Crippen molar-refractivity contribution < 1.29 is 9.15 Å². The van der Waals surface area contributed by atoms with Crippen molar-refractivity contribution in [1.29, 1.82) is 0 Å². The Labute approximate surface area is 420 Å². The number of ether oxygens (including phenoxy) is 1. The predicted octanol–water partition coefficient (Wildman–Crippen LogP) is 18.1. The SMILES string of the molecule is C=C/C=C\C=C/CC1(c2ccccc2)c2ccccc2-c2c(N(CC3CCC4(c5ccccc53)c3ccc5ccccc5c3Oc3c4ccc4ccccc34)c3cccc4oc5ccccc5c34)cccc21. The highest BCUT2D eigenvalue weighted by Crippen LogP contribution is 2.62. The van der Waals surface area contributed by atoms with Crippen molar-refractivity contribution in [1.82, 2.24) is 0 Å². The standard InChI is InChI=1S/C69H51NO2/c1-2-3-4-5-19-43-68(49-24-7-6-8-25-49)56-32-17-14-29-53(56)64-57(68)33-20-34-60(64)70(61-35-21-37-63-65(61)54-30-15-18-36-62(54)71-63)45-48-42-44-69(55-31-16-13-26-50(48)55)58-40-38-46-22-9-11-27-51(46)66(58)72-67-52-28-12-10-23-47(52)39-41-59(67)69/h2-41,48H,1,42-45H2/b4-3-,19-5-. The zero-order valence-corrected chi connectivity index (χ0v) is 40.0. The summed E-state index contributed by atoms with van der Waals surface area (Å²) in [5, 5.41) is 6.91. The van der Waals surface area contributed by atoms with Gasteiger partial charge in [-0.15, -0.1) is 0 Å². The van der Waals surface area contributed by atoms with Gasteiger partial charge in [-0.05, 0) is 87.7 Å². The lowest BCUT2D eigenvalue weighted by Gasteiger charge is -2.47. The van der Waals surface area contributed by atoms with Gasteiger partial charge in [-0.3, -0.25) is 0 Å². The molecule has 2 atom stereocenters. The number of fused-ring (bicyclic) bond motifs is 16. The number of hydrogen-bond acceptors (Lipinski definition) is 3. The van der Waals surface area contributed by atoms with Gasteiger partial charge in [0.1, 0.15) is 22.7 Å². The molecule has 344 valence electrons. The summed E-state index contributed by atoms with van der Waals surface area (Å²) >= 11 is 0. The van der Waals surface area contributed by atoms with E-state index in [2.05, 4.69) is 242 Å². The zero-order valence-electron chi connectivity index (χ0n) is 40.0. The van der Waals surface area contributed by atoms with Gasteiger partial charge in [0, 0.05) is 56.4 Å². The first-order valence-corrected chi connectivity index (χ1v) is 25.4. The lowest BCUT2D eigenvalue weighted by molar-refractivity contribution is 0.381. The van der Waals surface area contributed by atoms with Crippen LogP contribution >= 0.6 is 0 Å². The fraction of sp³-hybridized carbons (Fsp3) is 0.101. The van der Waals surface area contributed by atoms with Crippen LogP contribution in [0.3, 0.4) is 0 Å². The van der Waals surface area contributed by atoms with Crippen molar-refractivity contribution in [2.45, 2.75) is 36.0 Å². The molecule has 0 bridgehead atoms. The first-order valence-electron chi connectivity index (χ1n) is 25.4. The molecule has 1 aliphatic heterocycles. The second-order valence-electron chi connectivity index (χ2n) is 19.8. The van der Waals surface area contributed by atoms with Crippen LogP contribution in [0.4, 0.5) is 11.4 Å². The topological polar surface area (TPSA) is 25.6 Å². The van der Waals surface area contributed by atoms with E-state index in [0.717, 1.165) is 75.7 Å². The Balaban J connectivity index is 0.998. The third-order valence-electron chi connectivity index (χ3n) is 16.3. The van der Waals surface area contributed by atoms with Crippen molar-refractivity contribution in [3.8, 4) is 22.6 Å². The molecule has 1 aromatic heterocycles. The van der Waals surface area contributed by atoms with E-state index in [1.807, 2.05) is 12.2 Å². The molecule has 2 heterocycles. The number of hydrogen-bond donors (Lipinski definition) is 0. The summed E-state index contributed by atoms with van der Waals surface area (Å²) in [6, 6.07) is 78.5. The first-order chi connectivity index (χ1) is 35.7. The number of furan rings is 1. The van der Waals surface area contributed by atoms with Gasteiger partial charge in [0.25, 0.3) is 0 Å². The second-order valence-corrected chi connectivity index (χ2v) is 19.8. The lowest BCUT2D eigenvalue weighted by Crippen LogP contribution is -2.39.